The van der Waals surface area contributed by atoms with Crippen LogP contribution >= 0.6 is 0 Å². The van der Waals surface area contributed by atoms with Gasteiger partial charge in [-0.05, 0) is 29.5 Å². The van der Waals surface area contributed by atoms with E-state index in [9.17, 15) is 14.4 Å². The normalized spacial score (nSPS) is 11.6. The van der Waals surface area contributed by atoms with Crippen LogP contribution in [0.5, 0.6) is 0 Å². The molecule has 25 heavy (non-hydrogen) atoms. The summed E-state index contributed by atoms with van der Waals surface area (Å²) < 4.78 is 4.63. The van der Waals surface area contributed by atoms with Gasteiger partial charge in [0.25, 0.3) is 0 Å². The Bertz CT molecular complexity index is 771. The first-order chi connectivity index (χ1) is 11.9. The quantitative estimate of drug-likeness (QED) is 0.636. The maximum Gasteiger partial charge on any atom is 0.337 e. The molecule has 0 fully saturated rings. The summed E-state index contributed by atoms with van der Waals surface area (Å²) in [6.45, 7) is 1.67. The van der Waals surface area contributed by atoms with Gasteiger partial charge >= 0.3 is 5.97 Å². The molecule has 1 aromatic carbocycles. The van der Waals surface area contributed by atoms with Crippen molar-refractivity contribution >= 4 is 17.8 Å². The summed E-state index contributed by atoms with van der Waals surface area (Å²) in [6, 6.07) is 5.48. The third-order valence-electron chi connectivity index (χ3n) is 3.36. The number of aromatic nitrogens is 4. The van der Waals surface area contributed by atoms with E-state index in [0.29, 0.717) is 11.3 Å². The van der Waals surface area contributed by atoms with Gasteiger partial charge in [0, 0.05) is 12.8 Å². The predicted octanol–water partition coefficient (Wildman–Crippen LogP) is -0.628. The van der Waals surface area contributed by atoms with Crippen molar-refractivity contribution in [3.8, 4) is 5.69 Å². The molecule has 0 aliphatic heterocycles. The molecule has 1 aromatic heterocycles. The molecule has 2 amide bonds. The molecule has 1 heterocycles. The van der Waals surface area contributed by atoms with E-state index in [1.165, 1.54) is 11.9 Å². The number of benzene rings is 1. The molecule has 10 heteroatoms. The van der Waals surface area contributed by atoms with Gasteiger partial charge < -0.3 is 15.8 Å². The Labute approximate surface area is 143 Å². The second-order valence-corrected chi connectivity index (χ2v) is 5.11. The van der Waals surface area contributed by atoms with Crippen molar-refractivity contribution in [3.05, 3.63) is 35.7 Å². The lowest BCUT2D eigenvalue weighted by atomic mass is 10.2. The lowest BCUT2D eigenvalue weighted by Gasteiger charge is -2.12. The van der Waals surface area contributed by atoms with E-state index in [-0.39, 0.29) is 24.6 Å². The fourth-order valence-corrected chi connectivity index (χ4v) is 1.98. The molecule has 0 bridgehead atoms. The summed E-state index contributed by atoms with van der Waals surface area (Å²) in [5, 5.41) is 14.4. The molecular weight excluding hydrogens is 328 g/mol. The Kier molecular flexibility index (Phi) is 5.77. The number of nitrogens with zero attached hydrogens (tertiary/aromatic N) is 4. The average molecular weight is 346 g/mol. The zero-order chi connectivity index (χ0) is 18.4. The minimum atomic E-state index is -0.910. The van der Waals surface area contributed by atoms with Crippen molar-refractivity contribution in [3.63, 3.8) is 0 Å². The van der Waals surface area contributed by atoms with Crippen LogP contribution in [-0.4, -0.2) is 51.1 Å². The zero-order valence-electron chi connectivity index (χ0n) is 13.8. The van der Waals surface area contributed by atoms with Crippen molar-refractivity contribution in [1.82, 2.24) is 25.5 Å². The molecule has 0 aliphatic carbocycles. The fourth-order valence-electron chi connectivity index (χ4n) is 1.98. The number of hydrogen-bond donors (Lipinski definition) is 2. The third-order valence-corrected chi connectivity index (χ3v) is 3.36. The van der Waals surface area contributed by atoms with Crippen molar-refractivity contribution in [1.29, 1.82) is 0 Å². The Morgan fingerprint density at radius 3 is 2.52 bits per heavy atom. The molecule has 132 valence electrons. The molecule has 2 aromatic rings. The highest BCUT2D eigenvalue weighted by Gasteiger charge is 2.20. The van der Waals surface area contributed by atoms with Crippen LogP contribution in [0, 0.1) is 0 Å². The van der Waals surface area contributed by atoms with Gasteiger partial charge in [-0.2, -0.15) is 0 Å². The van der Waals surface area contributed by atoms with Crippen molar-refractivity contribution in [2.24, 2.45) is 5.73 Å². The summed E-state index contributed by atoms with van der Waals surface area (Å²) in [4.78, 5) is 35.5. The number of methoxy groups -OCH3 is 1. The molecule has 1 atom stereocenters. The maximum absolute atomic E-state index is 11.4. The van der Waals surface area contributed by atoms with Crippen molar-refractivity contribution in [2.45, 2.75) is 25.8 Å². The van der Waals surface area contributed by atoms with Crippen LogP contribution in [0.3, 0.4) is 0 Å². The molecule has 0 radical (unpaired) electrons. The first-order valence-electron chi connectivity index (χ1n) is 7.51. The van der Waals surface area contributed by atoms with Crippen LogP contribution < -0.4 is 11.1 Å². The minimum Gasteiger partial charge on any atom is -0.465 e. The van der Waals surface area contributed by atoms with E-state index in [2.05, 4.69) is 25.5 Å². The Hall–Kier alpha value is -3.30. The molecule has 0 saturated heterocycles. The number of amides is 2. The number of primary amides is 1. The van der Waals surface area contributed by atoms with Crippen LogP contribution in [0.2, 0.25) is 0 Å². The molecule has 10 nitrogen and oxygen atoms in total. The number of ether oxygens (including phenoxy) is 1. The van der Waals surface area contributed by atoms with Gasteiger partial charge in [0.15, 0.2) is 5.82 Å². The van der Waals surface area contributed by atoms with E-state index in [1.807, 2.05) is 0 Å². The summed E-state index contributed by atoms with van der Waals surface area (Å²) in [6.07, 6.45) is 0.262. The standard InChI is InChI=1S/C15H18N6O4/c1-3-13(22)17-11(14(16)23)8-12-18-20-21(19-12)10-6-4-9(5-7-10)15(24)25-2/h4-7,11H,3,8H2,1-2H3,(H2,16,23)(H,17,22)/t11-/m0/s1. The monoisotopic (exact) mass is 346 g/mol. The molecule has 0 saturated carbocycles. The largest absolute Gasteiger partial charge is 0.465 e. The zero-order valence-corrected chi connectivity index (χ0v) is 13.8. The van der Waals surface area contributed by atoms with Gasteiger partial charge in [0.2, 0.25) is 11.8 Å². The van der Waals surface area contributed by atoms with Crippen molar-refractivity contribution in [2.75, 3.05) is 7.11 Å². The van der Waals surface area contributed by atoms with Gasteiger partial charge in [0.1, 0.15) is 6.04 Å². The summed E-state index contributed by atoms with van der Waals surface area (Å²) in [5.74, 6) is -1.18. The molecule has 0 spiro atoms. The maximum atomic E-state index is 11.4. The number of rotatable bonds is 7. The molecule has 3 N–H and O–H groups in total. The average Bonchev–Trinajstić information content (AvgIpc) is 3.08. The SMILES string of the molecule is CCC(=O)N[C@@H](Cc1nnn(-c2ccc(C(=O)OC)cc2)n1)C(N)=O. The van der Waals surface area contributed by atoms with Crippen molar-refractivity contribution < 1.29 is 19.1 Å². The number of nitrogens with one attached hydrogen (secondary N) is 1. The highest BCUT2D eigenvalue weighted by atomic mass is 16.5. The predicted molar refractivity (Wildman–Crippen MR) is 85.6 cm³/mol. The number of carbonyl (C=O) groups is 3. The number of hydrogen-bond acceptors (Lipinski definition) is 7. The summed E-state index contributed by atoms with van der Waals surface area (Å²) in [5.41, 5.74) is 6.24. The Morgan fingerprint density at radius 2 is 1.96 bits per heavy atom. The van der Waals surface area contributed by atoms with E-state index in [4.69, 9.17) is 5.73 Å². The van der Waals surface area contributed by atoms with Gasteiger partial charge in [0.05, 0.1) is 18.4 Å². The summed E-state index contributed by atoms with van der Waals surface area (Å²) >= 11 is 0. The number of nitrogens with two attached hydrogens (primary N) is 1. The topological polar surface area (TPSA) is 142 Å². The Morgan fingerprint density at radius 1 is 1.28 bits per heavy atom. The minimum absolute atomic E-state index is 0.0291. The Balaban J connectivity index is 2.12. The van der Waals surface area contributed by atoms with Crippen LogP contribution in [0.15, 0.2) is 24.3 Å². The second kappa shape index (κ2) is 7.99. The highest BCUT2D eigenvalue weighted by molar-refractivity contribution is 5.89. The fraction of sp³-hybridized carbons (Fsp3) is 0.333. The van der Waals surface area contributed by atoms with E-state index >= 15 is 0 Å². The van der Waals surface area contributed by atoms with Crippen LogP contribution in [0.1, 0.15) is 29.5 Å². The number of esters is 1. The second-order valence-electron chi connectivity index (χ2n) is 5.11. The van der Waals surface area contributed by atoms with E-state index in [0.717, 1.165) is 0 Å². The van der Waals surface area contributed by atoms with Crippen LogP contribution in [0.4, 0.5) is 0 Å². The van der Waals surface area contributed by atoms with E-state index < -0.39 is 17.9 Å². The van der Waals surface area contributed by atoms with Crippen LogP contribution in [0.25, 0.3) is 5.69 Å². The van der Waals surface area contributed by atoms with Gasteiger partial charge in [-0.15, -0.1) is 15.0 Å². The molecule has 0 unspecified atom stereocenters. The number of carbonyl (C=O) groups excluding carboxylic acids is 3. The lowest BCUT2D eigenvalue weighted by molar-refractivity contribution is -0.127. The number of tetrazole rings is 1. The van der Waals surface area contributed by atoms with Gasteiger partial charge in [-0.3, -0.25) is 9.59 Å². The van der Waals surface area contributed by atoms with E-state index in [1.54, 1.807) is 31.2 Å². The highest BCUT2D eigenvalue weighted by Crippen LogP contribution is 2.09. The molecule has 2 rings (SSSR count). The molecular formula is C15H18N6O4. The first-order valence-corrected chi connectivity index (χ1v) is 7.51. The van der Waals surface area contributed by atoms with Gasteiger partial charge in [-0.1, -0.05) is 6.92 Å². The summed E-state index contributed by atoms with van der Waals surface area (Å²) in [7, 11) is 1.30. The van der Waals surface area contributed by atoms with Crippen LogP contribution in [-0.2, 0) is 20.7 Å². The first kappa shape index (κ1) is 18.0. The third kappa shape index (κ3) is 4.59. The van der Waals surface area contributed by atoms with Gasteiger partial charge in [-0.25, -0.2) is 4.79 Å². The smallest absolute Gasteiger partial charge is 0.337 e. The lowest BCUT2D eigenvalue weighted by Crippen LogP contribution is -2.45. The molecule has 0 aliphatic rings.